The minimum atomic E-state index is 0.912. The molecule has 0 fully saturated rings. The molecular formula is C38H22OS. The lowest BCUT2D eigenvalue weighted by Gasteiger charge is -2.16. The van der Waals surface area contributed by atoms with Crippen molar-refractivity contribution >= 4 is 74.8 Å². The predicted octanol–water partition coefficient (Wildman–Crippen LogP) is 11.6. The maximum Gasteiger partial charge on any atom is 0.144 e. The van der Waals surface area contributed by atoms with Crippen molar-refractivity contribution in [2.24, 2.45) is 0 Å². The Kier molecular flexibility index (Phi) is 4.55. The van der Waals surface area contributed by atoms with Gasteiger partial charge < -0.3 is 4.42 Å². The minimum absolute atomic E-state index is 0.912. The molecular weight excluding hydrogens is 504 g/mol. The zero-order chi connectivity index (χ0) is 26.2. The summed E-state index contributed by atoms with van der Waals surface area (Å²) in [6.45, 7) is 0. The van der Waals surface area contributed by atoms with Crippen LogP contribution < -0.4 is 0 Å². The molecule has 0 bridgehead atoms. The minimum Gasteiger partial charge on any atom is -0.455 e. The Hall–Kier alpha value is -4.92. The first-order valence-electron chi connectivity index (χ1n) is 13.6. The van der Waals surface area contributed by atoms with Gasteiger partial charge in [0.25, 0.3) is 0 Å². The maximum atomic E-state index is 6.86. The molecule has 0 amide bonds. The summed E-state index contributed by atoms with van der Waals surface area (Å²) in [6.07, 6.45) is 0. The molecule has 0 saturated heterocycles. The second-order valence-corrected chi connectivity index (χ2v) is 11.6. The molecule has 7 aromatic carbocycles. The maximum absolute atomic E-state index is 6.86. The quantitative estimate of drug-likeness (QED) is 0.204. The van der Waals surface area contributed by atoms with Crippen LogP contribution in [0.5, 0.6) is 0 Å². The van der Waals surface area contributed by atoms with E-state index in [0.717, 1.165) is 22.3 Å². The van der Waals surface area contributed by atoms with Crippen LogP contribution in [0, 0.1) is 0 Å². The van der Waals surface area contributed by atoms with Gasteiger partial charge in [-0.25, -0.2) is 0 Å². The van der Waals surface area contributed by atoms with Crippen molar-refractivity contribution < 1.29 is 4.42 Å². The van der Waals surface area contributed by atoms with Crippen LogP contribution in [0.4, 0.5) is 0 Å². The van der Waals surface area contributed by atoms with E-state index in [0.29, 0.717) is 0 Å². The fourth-order valence-corrected chi connectivity index (χ4v) is 7.58. The van der Waals surface area contributed by atoms with Crippen molar-refractivity contribution in [3.63, 3.8) is 0 Å². The Morgan fingerprint density at radius 1 is 0.425 bits per heavy atom. The lowest BCUT2D eigenvalue weighted by Crippen LogP contribution is -1.90. The first-order chi connectivity index (χ1) is 19.8. The molecule has 0 radical (unpaired) electrons. The molecule has 2 aromatic heterocycles. The van der Waals surface area contributed by atoms with Gasteiger partial charge in [0.1, 0.15) is 11.3 Å². The van der Waals surface area contributed by atoms with E-state index in [1.165, 1.54) is 63.6 Å². The molecule has 0 N–H and O–H groups in total. The van der Waals surface area contributed by atoms with Gasteiger partial charge in [-0.2, -0.15) is 0 Å². The number of hydrogen-bond donors (Lipinski definition) is 0. The number of furan rings is 1. The highest BCUT2D eigenvalue weighted by atomic mass is 32.1. The molecule has 40 heavy (non-hydrogen) atoms. The third kappa shape index (κ3) is 3.08. The average molecular weight is 527 g/mol. The molecule has 186 valence electrons. The number of rotatable bonds is 2. The van der Waals surface area contributed by atoms with E-state index in [2.05, 4.69) is 133 Å². The van der Waals surface area contributed by atoms with Gasteiger partial charge in [-0.05, 0) is 73.8 Å². The van der Waals surface area contributed by atoms with Crippen LogP contribution in [0.2, 0.25) is 0 Å². The molecule has 0 aliphatic carbocycles. The van der Waals surface area contributed by atoms with Crippen molar-refractivity contribution in [3.8, 4) is 22.5 Å². The highest BCUT2D eigenvalue weighted by molar-refractivity contribution is 7.26. The summed E-state index contributed by atoms with van der Waals surface area (Å²) in [5.41, 5.74) is 4.62. The van der Waals surface area contributed by atoms with Crippen molar-refractivity contribution in [3.05, 3.63) is 133 Å². The van der Waals surface area contributed by atoms with Crippen LogP contribution in [0.1, 0.15) is 0 Å². The lowest BCUT2D eigenvalue weighted by atomic mass is 9.87. The predicted molar refractivity (Wildman–Crippen MR) is 172 cm³/mol. The van der Waals surface area contributed by atoms with Crippen LogP contribution >= 0.6 is 11.3 Å². The van der Waals surface area contributed by atoms with E-state index in [9.17, 15) is 0 Å². The van der Waals surface area contributed by atoms with Crippen molar-refractivity contribution in [2.75, 3.05) is 0 Å². The lowest BCUT2D eigenvalue weighted by molar-refractivity contribution is 0.636. The Morgan fingerprint density at radius 2 is 1.02 bits per heavy atom. The SMILES string of the molecule is c1ccc2cc(-c3c4ccccc4c(-c4cc5ccc6sc7ccccc7c6c5o4)c4ccccc34)ccc2c1. The fourth-order valence-electron chi connectivity index (χ4n) is 6.48. The van der Waals surface area contributed by atoms with Gasteiger partial charge in [0, 0.05) is 31.1 Å². The van der Waals surface area contributed by atoms with Crippen LogP contribution in [0.25, 0.3) is 85.9 Å². The molecule has 0 aliphatic heterocycles. The zero-order valence-electron chi connectivity index (χ0n) is 21.5. The van der Waals surface area contributed by atoms with Gasteiger partial charge in [-0.15, -0.1) is 11.3 Å². The summed E-state index contributed by atoms with van der Waals surface area (Å²) in [6, 6.07) is 48.2. The molecule has 0 unspecified atom stereocenters. The highest BCUT2D eigenvalue weighted by Gasteiger charge is 2.20. The molecule has 2 heterocycles. The summed E-state index contributed by atoms with van der Waals surface area (Å²) in [7, 11) is 0. The normalized spacial score (nSPS) is 12.0. The Morgan fingerprint density at radius 3 is 1.77 bits per heavy atom. The van der Waals surface area contributed by atoms with Gasteiger partial charge in [0.15, 0.2) is 0 Å². The van der Waals surface area contributed by atoms with Gasteiger partial charge in [-0.3, -0.25) is 0 Å². The summed E-state index contributed by atoms with van der Waals surface area (Å²) in [4.78, 5) is 0. The van der Waals surface area contributed by atoms with Crippen molar-refractivity contribution in [2.45, 2.75) is 0 Å². The molecule has 0 spiro atoms. The largest absolute Gasteiger partial charge is 0.455 e. The van der Waals surface area contributed by atoms with Crippen LogP contribution in [-0.2, 0) is 0 Å². The molecule has 1 nitrogen and oxygen atoms in total. The smallest absolute Gasteiger partial charge is 0.144 e. The summed E-state index contributed by atoms with van der Waals surface area (Å²) in [5.74, 6) is 0.912. The van der Waals surface area contributed by atoms with Crippen LogP contribution in [-0.4, -0.2) is 0 Å². The summed E-state index contributed by atoms with van der Waals surface area (Å²) >= 11 is 1.83. The van der Waals surface area contributed by atoms with E-state index in [1.807, 2.05) is 11.3 Å². The van der Waals surface area contributed by atoms with Crippen molar-refractivity contribution in [1.29, 1.82) is 0 Å². The Balaban J connectivity index is 1.39. The molecule has 0 aliphatic rings. The Bertz CT molecular complexity index is 2380. The topological polar surface area (TPSA) is 13.1 Å². The molecule has 0 atom stereocenters. The number of benzene rings is 7. The zero-order valence-corrected chi connectivity index (χ0v) is 22.3. The van der Waals surface area contributed by atoms with Gasteiger partial charge >= 0.3 is 0 Å². The molecule has 9 aromatic rings. The fraction of sp³-hybridized carbons (Fsp3) is 0. The number of hydrogen-bond acceptors (Lipinski definition) is 2. The van der Waals surface area contributed by atoms with Gasteiger partial charge in [0.2, 0.25) is 0 Å². The first-order valence-corrected chi connectivity index (χ1v) is 14.4. The monoisotopic (exact) mass is 526 g/mol. The van der Waals surface area contributed by atoms with E-state index >= 15 is 0 Å². The van der Waals surface area contributed by atoms with Gasteiger partial charge in [-0.1, -0.05) is 103 Å². The Labute approximate surface area is 234 Å². The third-order valence-corrected chi connectivity index (χ3v) is 9.38. The third-order valence-electron chi connectivity index (χ3n) is 8.24. The number of thiophene rings is 1. The molecule has 2 heteroatoms. The van der Waals surface area contributed by atoms with E-state index in [4.69, 9.17) is 4.42 Å². The van der Waals surface area contributed by atoms with E-state index < -0.39 is 0 Å². The van der Waals surface area contributed by atoms with Crippen molar-refractivity contribution in [1.82, 2.24) is 0 Å². The summed E-state index contributed by atoms with van der Waals surface area (Å²) < 4.78 is 9.41. The number of fused-ring (bicyclic) bond motifs is 8. The van der Waals surface area contributed by atoms with E-state index in [1.54, 1.807) is 0 Å². The average Bonchev–Trinajstić information content (AvgIpc) is 3.61. The van der Waals surface area contributed by atoms with Crippen LogP contribution in [0.3, 0.4) is 0 Å². The standard InChI is InChI=1S/C38H22OS/c1-2-10-24-21-25(18-17-23(24)9-1)35-27-11-3-5-13-29(27)36(30-14-6-4-12-28(30)35)32-22-26-19-20-34-37(38(26)39-32)31-15-7-8-16-33(31)40-34/h1-22H. The first kappa shape index (κ1) is 22.0. The summed E-state index contributed by atoms with van der Waals surface area (Å²) in [5, 5.41) is 11.0. The van der Waals surface area contributed by atoms with Gasteiger partial charge in [0.05, 0.1) is 0 Å². The highest BCUT2D eigenvalue weighted by Crippen LogP contribution is 2.47. The molecule has 0 saturated carbocycles. The second-order valence-electron chi connectivity index (χ2n) is 10.5. The van der Waals surface area contributed by atoms with Crippen LogP contribution in [0.15, 0.2) is 138 Å². The van der Waals surface area contributed by atoms with E-state index in [-0.39, 0.29) is 0 Å². The second kappa shape index (κ2) is 8.29. The molecule has 9 rings (SSSR count).